The number of hydrogen-bond acceptors (Lipinski definition) is 7. The largest absolute Gasteiger partial charge is 0.493 e. The fourth-order valence-corrected chi connectivity index (χ4v) is 3.62. The molecule has 9 heteroatoms. The van der Waals surface area contributed by atoms with Gasteiger partial charge in [-0.15, -0.1) is 0 Å². The van der Waals surface area contributed by atoms with Crippen LogP contribution in [0.4, 0.5) is 0 Å². The van der Waals surface area contributed by atoms with Gasteiger partial charge in [0.15, 0.2) is 11.5 Å². The van der Waals surface area contributed by atoms with Crippen molar-refractivity contribution in [3.8, 4) is 11.5 Å². The van der Waals surface area contributed by atoms with Crippen molar-refractivity contribution in [1.82, 2.24) is 10.2 Å². The first-order valence-corrected chi connectivity index (χ1v) is 10.6. The first-order chi connectivity index (χ1) is 15.8. The van der Waals surface area contributed by atoms with E-state index in [2.05, 4.69) is 5.32 Å². The van der Waals surface area contributed by atoms with Gasteiger partial charge in [-0.1, -0.05) is 17.7 Å². The van der Waals surface area contributed by atoms with Crippen LogP contribution < -0.4 is 20.2 Å². The molecule has 2 aromatic carbocycles. The van der Waals surface area contributed by atoms with E-state index in [1.54, 1.807) is 12.1 Å². The lowest BCUT2D eigenvalue weighted by Crippen LogP contribution is -2.31. The summed E-state index contributed by atoms with van der Waals surface area (Å²) in [7, 11) is 6.75. The molecule has 0 bridgehead atoms. The lowest BCUT2D eigenvalue weighted by Gasteiger charge is -2.13. The van der Waals surface area contributed by atoms with Crippen LogP contribution in [0.3, 0.4) is 0 Å². The molecule has 1 amide bonds. The molecule has 174 valence electrons. The van der Waals surface area contributed by atoms with Crippen molar-refractivity contribution >= 4 is 34.3 Å². The summed E-state index contributed by atoms with van der Waals surface area (Å²) in [6.45, 7) is 1.10. The minimum atomic E-state index is -0.690. The van der Waals surface area contributed by atoms with Crippen LogP contribution in [0.2, 0.25) is 5.02 Å². The molecule has 0 unspecified atom stereocenters. The molecule has 0 fully saturated rings. The monoisotopic (exact) mass is 472 g/mol. The highest BCUT2D eigenvalue weighted by Gasteiger charge is 2.28. The van der Waals surface area contributed by atoms with Crippen LogP contribution in [-0.4, -0.2) is 58.0 Å². The molecule has 1 N–H and O–H groups in total. The Bertz CT molecular complexity index is 1250. The molecule has 1 aromatic heterocycles. The van der Waals surface area contributed by atoms with E-state index in [9.17, 15) is 14.4 Å². The number of fused-ring (bicyclic) bond motifs is 1. The summed E-state index contributed by atoms with van der Waals surface area (Å²) in [5, 5.41) is 2.88. The van der Waals surface area contributed by atoms with E-state index in [-0.39, 0.29) is 27.3 Å². The fraction of sp³-hybridized carbons (Fsp3) is 0.292. The second-order valence-electron chi connectivity index (χ2n) is 7.56. The van der Waals surface area contributed by atoms with Crippen molar-refractivity contribution in [3.63, 3.8) is 0 Å². The molecular formula is C24H25ClN2O6. The number of rotatable bonds is 9. The average Bonchev–Trinajstić information content (AvgIpc) is 2.80. The first-order valence-electron chi connectivity index (χ1n) is 10.2. The molecule has 0 saturated carbocycles. The summed E-state index contributed by atoms with van der Waals surface area (Å²) < 4.78 is 16.2. The number of carbonyl (C=O) groups is 2. The number of nitrogens with zero attached hydrogens (tertiary/aromatic N) is 1. The summed E-state index contributed by atoms with van der Waals surface area (Å²) in [6, 6.07) is 9.11. The number of ketones is 1. The van der Waals surface area contributed by atoms with Gasteiger partial charge in [-0.25, -0.2) is 0 Å². The first kappa shape index (κ1) is 24.3. The molecule has 0 aliphatic carbocycles. The third-order valence-electron chi connectivity index (χ3n) is 5.02. The highest BCUT2D eigenvalue weighted by atomic mass is 35.5. The van der Waals surface area contributed by atoms with Crippen LogP contribution in [0.5, 0.6) is 11.5 Å². The number of methoxy groups -OCH3 is 2. The van der Waals surface area contributed by atoms with Crippen molar-refractivity contribution in [1.29, 1.82) is 0 Å². The van der Waals surface area contributed by atoms with Gasteiger partial charge in [0, 0.05) is 12.1 Å². The topological polar surface area (TPSA) is 98.1 Å². The highest BCUT2D eigenvalue weighted by molar-refractivity contribution is 6.35. The molecule has 0 aliphatic heterocycles. The number of ether oxygens (including phenoxy) is 2. The maximum Gasteiger partial charge on any atom is 0.287 e. The predicted molar refractivity (Wildman–Crippen MR) is 126 cm³/mol. The van der Waals surface area contributed by atoms with Gasteiger partial charge in [-0.3, -0.25) is 14.4 Å². The molecule has 0 saturated heterocycles. The zero-order chi connectivity index (χ0) is 24.1. The van der Waals surface area contributed by atoms with Crippen LogP contribution in [0, 0.1) is 0 Å². The second kappa shape index (κ2) is 10.5. The summed E-state index contributed by atoms with van der Waals surface area (Å²) in [5.41, 5.74) is -0.823. The van der Waals surface area contributed by atoms with E-state index >= 15 is 0 Å². The molecular weight excluding hydrogens is 448 g/mol. The highest BCUT2D eigenvalue weighted by Crippen LogP contribution is 2.29. The van der Waals surface area contributed by atoms with Gasteiger partial charge in [-0.2, -0.15) is 0 Å². The lowest BCUT2D eigenvalue weighted by molar-refractivity contribution is 0.0912. The summed E-state index contributed by atoms with van der Waals surface area (Å²) >= 11 is 6.22. The van der Waals surface area contributed by atoms with Gasteiger partial charge in [0.25, 0.3) is 5.91 Å². The summed E-state index contributed by atoms with van der Waals surface area (Å²) in [4.78, 5) is 41.8. The average molecular weight is 473 g/mol. The van der Waals surface area contributed by atoms with Crippen LogP contribution in [0.25, 0.3) is 11.0 Å². The smallest absolute Gasteiger partial charge is 0.287 e. The minimum Gasteiger partial charge on any atom is -0.493 e. The molecule has 3 rings (SSSR count). The van der Waals surface area contributed by atoms with Gasteiger partial charge in [0.2, 0.25) is 17.0 Å². The Balaban J connectivity index is 2.12. The quantitative estimate of drug-likeness (QED) is 0.376. The molecule has 0 radical (unpaired) electrons. The molecule has 8 nitrogen and oxygen atoms in total. The van der Waals surface area contributed by atoms with Gasteiger partial charge in [0.05, 0.1) is 24.6 Å². The third kappa shape index (κ3) is 5.18. The number of benzene rings is 2. The lowest BCUT2D eigenvalue weighted by atomic mass is 9.99. The maximum absolute atomic E-state index is 13.4. The van der Waals surface area contributed by atoms with E-state index in [1.807, 2.05) is 19.0 Å². The van der Waals surface area contributed by atoms with Crippen molar-refractivity contribution < 1.29 is 23.5 Å². The number of hydrogen-bond donors (Lipinski definition) is 1. The fourth-order valence-electron chi connectivity index (χ4n) is 3.36. The predicted octanol–water partition coefficient (Wildman–Crippen LogP) is 3.38. The molecule has 3 aromatic rings. The SMILES string of the molecule is COc1ccc(C(=O)c2c(C(=O)NCCCN(C)C)oc3cccc(Cl)c3c2=O)cc1OC. The van der Waals surface area contributed by atoms with Gasteiger partial charge in [-0.05, 0) is 57.4 Å². The van der Waals surface area contributed by atoms with E-state index in [0.29, 0.717) is 24.5 Å². The summed E-state index contributed by atoms with van der Waals surface area (Å²) in [5.74, 6) is -0.983. The van der Waals surface area contributed by atoms with Crippen molar-refractivity contribution in [3.05, 3.63) is 68.5 Å². The second-order valence-corrected chi connectivity index (χ2v) is 7.97. The van der Waals surface area contributed by atoms with Gasteiger partial charge >= 0.3 is 0 Å². The molecule has 1 heterocycles. The van der Waals surface area contributed by atoms with Crippen LogP contribution in [-0.2, 0) is 0 Å². The molecule has 0 spiro atoms. The molecule has 0 atom stereocenters. The maximum atomic E-state index is 13.4. The van der Waals surface area contributed by atoms with Gasteiger partial charge < -0.3 is 24.1 Å². The van der Waals surface area contributed by atoms with E-state index in [4.69, 9.17) is 25.5 Å². The Morgan fingerprint density at radius 2 is 1.82 bits per heavy atom. The van der Waals surface area contributed by atoms with E-state index in [1.165, 1.54) is 38.5 Å². The zero-order valence-electron chi connectivity index (χ0n) is 18.9. The Morgan fingerprint density at radius 1 is 1.09 bits per heavy atom. The molecule has 33 heavy (non-hydrogen) atoms. The zero-order valence-corrected chi connectivity index (χ0v) is 19.6. The molecule has 0 aliphatic rings. The Hall–Kier alpha value is -3.36. The van der Waals surface area contributed by atoms with Crippen molar-refractivity contribution in [2.45, 2.75) is 6.42 Å². The number of amides is 1. The number of carbonyl (C=O) groups excluding carboxylic acids is 2. The van der Waals surface area contributed by atoms with Crippen LogP contribution in [0.15, 0.2) is 45.6 Å². The van der Waals surface area contributed by atoms with Crippen molar-refractivity contribution in [2.75, 3.05) is 41.4 Å². The van der Waals surface area contributed by atoms with Crippen LogP contribution >= 0.6 is 11.6 Å². The standard InChI is InChI=1S/C24H25ClN2O6/c1-27(2)12-6-11-26-24(30)23-20(22(29)19-15(25)7-5-8-17(19)33-23)21(28)14-9-10-16(31-3)18(13-14)32-4/h5,7-10,13H,6,11-12H2,1-4H3,(H,26,30). The number of halogens is 1. The Labute approximate surface area is 196 Å². The third-order valence-corrected chi connectivity index (χ3v) is 5.33. The van der Waals surface area contributed by atoms with E-state index < -0.39 is 22.7 Å². The normalized spacial score (nSPS) is 11.0. The summed E-state index contributed by atoms with van der Waals surface area (Å²) in [6.07, 6.45) is 0.682. The number of nitrogens with one attached hydrogen (secondary N) is 1. The Morgan fingerprint density at radius 3 is 2.48 bits per heavy atom. The van der Waals surface area contributed by atoms with Gasteiger partial charge in [0.1, 0.15) is 11.1 Å². The Kier molecular flexibility index (Phi) is 7.73. The van der Waals surface area contributed by atoms with E-state index in [0.717, 1.165) is 6.54 Å². The van der Waals surface area contributed by atoms with Crippen LogP contribution in [0.1, 0.15) is 32.9 Å². The minimum absolute atomic E-state index is 0.0344. The van der Waals surface area contributed by atoms with Crippen molar-refractivity contribution in [2.24, 2.45) is 0 Å².